The van der Waals surface area contributed by atoms with Gasteiger partial charge in [-0.25, -0.2) is 4.39 Å². The van der Waals surface area contributed by atoms with E-state index in [2.05, 4.69) is 39.7 Å². The summed E-state index contributed by atoms with van der Waals surface area (Å²) in [6, 6.07) is 5.70. The molecule has 1 aromatic carbocycles. The van der Waals surface area contributed by atoms with Crippen LogP contribution in [0.1, 0.15) is 37.8 Å². The highest BCUT2D eigenvalue weighted by Crippen LogP contribution is 2.29. The molecule has 2 rings (SSSR count). The van der Waals surface area contributed by atoms with Crippen molar-refractivity contribution in [2.45, 2.75) is 32.2 Å². The van der Waals surface area contributed by atoms with Crippen molar-refractivity contribution in [2.24, 2.45) is 0 Å². The molecular weight excluding hydrogens is 390 g/mol. The van der Waals surface area contributed by atoms with Crippen LogP contribution < -0.4 is 5.32 Å². The molecule has 5 heteroatoms. The monoisotopic (exact) mass is 412 g/mol. The molecule has 0 aliphatic carbocycles. The van der Waals surface area contributed by atoms with Crippen LogP contribution in [-0.4, -0.2) is 31.1 Å². The molecule has 1 aliphatic rings. The van der Waals surface area contributed by atoms with E-state index in [1.807, 2.05) is 12.1 Å². The van der Waals surface area contributed by atoms with Gasteiger partial charge in [-0.15, -0.1) is 12.4 Å². The molecule has 0 amide bonds. The van der Waals surface area contributed by atoms with Crippen LogP contribution in [0, 0.1) is 9.39 Å². The highest BCUT2D eigenvalue weighted by atomic mass is 127. The van der Waals surface area contributed by atoms with Crippen molar-refractivity contribution in [1.29, 1.82) is 0 Å². The number of benzene rings is 1. The van der Waals surface area contributed by atoms with Crippen molar-refractivity contribution in [3.05, 3.63) is 33.1 Å². The first-order chi connectivity index (χ1) is 9.22. The Morgan fingerprint density at radius 1 is 1.35 bits per heavy atom. The first-order valence-electron chi connectivity index (χ1n) is 7.12. The minimum Gasteiger partial charge on any atom is -0.314 e. The van der Waals surface area contributed by atoms with Gasteiger partial charge in [0.15, 0.2) is 0 Å². The molecule has 0 radical (unpaired) electrons. The highest BCUT2D eigenvalue weighted by molar-refractivity contribution is 14.1. The number of unbranched alkanes of at least 4 members (excludes halogenated alkanes) is 1. The number of halogens is 3. The highest BCUT2D eigenvalue weighted by Gasteiger charge is 2.24. The summed E-state index contributed by atoms with van der Waals surface area (Å²) in [5, 5.41) is 3.37. The van der Waals surface area contributed by atoms with Gasteiger partial charge in [0.1, 0.15) is 5.82 Å². The van der Waals surface area contributed by atoms with Crippen molar-refractivity contribution in [2.75, 3.05) is 26.2 Å². The normalized spacial score (nSPS) is 17.6. The third kappa shape index (κ3) is 4.83. The molecule has 0 saturated carbocycles. The number of hydrogen-bond donors (Lipinski definition) is 1. The van der Waals surface area contributed by atoms with Crippen molar-refractivity contribution in [1.82, 2.24) is 10.2 Å². The van der Waals surface area contributed by atoms with Gasteiger partial charge in [0.2, 0.25) is 0 Å². The lowest BCUT2D eigenvalue weighted by Gasteiger charge is -2.35. The van der Waals surface area contributed by atoms with E-state index in [9.17, 15) is 4.39 Å². The van der Waals surface area contributed by atoms with Crippen LogP contribution in [-0.2, 0) is 0 Å². The molecule has 114 valence electrons. The quantitative estimate of drug-likeness (QED) is 0.736. The fourth-order valence-electron chi connectivity index (χ4n) is 2.70. The average Bonchev–Trinajstić information content (AvgIpc) is 2.44. The van der Waals surface area contributed by atoms with Gasteiger partial charge >= 0.3 is 0 Å². The Bertz CT molecular complexity index is 411. The molecule has 0 spiro atoms. The summed E-state index contributed by atoms with van der Waals surface area (Å²) in [4.78, 5) is 2.43. The Labute approximate surface area is 141 Å². The third-order valence-electron chi connectivity index (χ3n) is 3.74. The summed E-state index contributed by atoms with van der Waals surface area (Å²) >= 11 is 2.27. The van der Waals surface area contributed by atoms with E-state index in [1.165, 1.54) is 0 Å². The van der Waals surface area contributed by atoms with Gasteiger partial charge in [-0.2, -0.15) is 0 Å². The molecule has 1 atom stereocenters. The smallest absolute Gasteiger partial charge is 0.128 e. The largest absolute Gasteiger partial charge is 0.314 e. The van der Waals surface area contributed by atoms with Crippen LogP contribution in [0.4, 0.5) is 4.39 Å². The molecule has 0 bridgehead atoms. The fraction of sp³-hybridized carbons (Fsp3) is 0.600. The summed E-state index contributed by atoms with van der Waals surface area (Å²) in [5.74, 6) is -0.0555. The molecule has 0 unspecified atom stereocenters. The van der Waals surface area contributed by atoms with Gasteiger partial charge in [0.25, 0.3) is 0 Å². The summed E-state index contributed by atoms with van der Waals surface area (Å²) in [6.07, 6.45) is 3.36. The SMILES string of the molecule is CCCC[C@@H](c1cc(I)ccc1F)N1CCNCC1.Cl. The van der Waals surface area contributed by atoms with E-state index in [1.54, 1.807) is 6.07 Å². The van der Waals surface area contributed by atoms with Crippen LogP contribution in [0.15, 0.2) is 18.2 Å². The molecule has 1 saturated heterocycles. The molecule has 0 aromatic heterocycles. The maximum absolute atomic E-state index is 14.2. The van der Waals surface area contributed by atoms with Crippen molar-refractivity contribution < 1.29 is 4.39 Å². The van der Waals surface area contributed by atoms with Crippen molar-refractivity contribution in [3.8, 4) is 0 Å². The zero-order valence-electron chi connectivity index (χ0n) is 11.9. The maximum Gasteiger partial charge on any atom is 0.128 e. The fourth-order valence-corrected chi connectivity index (χ4v) is 3.21. The van der Waals surface area contributed by atoms with Gasteiger partial charge in [-0.3, -0.25) is 4.90 Å². The standard InChI is InChI=1S/C15H22FIN2.ClH/c1-2-3-4-15(19-9-7-18-8-10-19)13-11-12(17)5-6-14(13)16;/h5-6,11,15,18H,2-4,7-10H2,1H3;1H/t15-;/m0./s1. The Hall–Kier alpha value is 0.0900. The average molecular weight is 413 g/mol. The number of hydrogen-bond acceptors (Lipinski definition) is 2. The topological polar surface area (TPSA) is 15.3 Å². The zero-order chi connectivity index (χ0) is 13.7. The molecule has 20 heavy (non-hydrogen) atoms. The van der Waals surface area contributed by atoms with Gasteiger partial charge < -0.3 is 5.32 Å². The predicted octanol–water partition coefficient (Wildman–Crippen LogP) is 3.99. The predicted molar refractivity (Wildman–Crippen MR) is 93.1 cm³/mol. The van der Waals surface area contributed by atoms with Crippen LogP contribution in [0.3, 0.4) is 0 Å². The second-order valence-corrected chi connectivity index (χ2v) is 6.36. The summed E-state index contributed by atoms with van der Waals surface area (Å²) in [6.45, 7) is 6.24. The Balaban J connectivity index is 0.00000200. The third-order valence-corrected chi connectivity index (χ3v) is 4.41. The van der Waals surface area contributed by atoms with E-state index in [0.29, 0.717) is 0 Å². The lowest BCUT2D eigenvalue weighted by atomic mass is 9.98. The number of nitrogens with zero attached hydrogens (tertiary/aromatic N) is 1. The molecule has 1 N–H and O–H groups in total. The first kappa shape index (κ1) is 18.1. The van der Waals surface area contributed by atoms with E-state index >= 15 is 0 Å². The Kier molecular flexibility index (Phi) is 8.32. The summed E-state index contributed by atoms with van der Waals surface area (Å²) in [5.41, 5.74) is 0.877. The summed E-state index contributed by atoms with van der Waals surface area (Å²) in [7, 11) is 0. The molecule has 1 heterocycles. The molecule has 1 fully saturated rings. The molecular formula is C15H23ClFIN2. The minimum atomic E-state index is -0.0555. The minimum absolute atomic E-state index is 0. The Morgan fingerprint density at radius 3 is 2.70 bits per heavy atom. The zero-order valence-corrected chi connectivity index (χ0v) is 14.8. The van der Waals surface area contributed by atoms with Gasteiger partial charge in [-0.1, -0.05) is 19.8 Å². The van der Waals surface area contributed by atoms with Crippen LogP contribution in [0.25, 0.3) is 0 Å². The van der Waals surface area contributed by atoms with Gasteiger partial charge in [0.05, 0.1) is 0 Å². The second-order valence-electron chi connectivity index (χ2n) is 5.11. The van der Waals surface area contributed by atoms with Crippen molar-refractivity contribution >= 4 is 35.0 Å². The molecule has 1 aromatic rings. The number of rotatable bonds is 5. The van der Waals surface area contributed by atoms with Crippen LogP contribution in [0.2, 0.25) is 0 Å². The first-order valence-corrected chi connectivity index (χ1v) is 8.20. The van der Waals surface area contributed by atoms with Gasteiger partial charge in [0, 0.05) is 41.4 Å². The lowest BCUT2D eigenvalue weighted by Crippen LogP contribution is -2.45. The van der Waals surface area contributed by atoms with Crippen LogP contribution >= 0.6 is 35.0 Å². The maximum atomic E-state index is 14.2. The molecule has 2 nitrogen and oxygen atoms in total. The van der Waals surface area contributed by atoms with E-state index in [0.717, 1.165) is 54.6 Å². The van der Waals surface area contributed by atoms with E-state index in [4.69, 9.17) is 0 Å². The van der Waals surface area contributed by atoms with E-state index < -0.39 is 0 Å². The lowest BCUT2D eigenvalue weighted by molar-refractivity contribution is 0.160. The van der Waals surface area contributed by atoms with Crippen LogP contribution in [0.5, 0.6) is 0 Å². The van der Waals surface area contributed by atoms with Crippen molar-refractivity contribution in [3.63, 3.8) is 0 Å². The molecule has 1 aliphatic heterocycles. The number of nitrogens with one attached hydrogen (secondary N) is 1. The number of piperazine rings is 1. The van der Waals surface area contributed by atoms with E-state index in [-0.39, 0.29) is 24.3 Å². The second kappa shape index (κ2) is 9.18. The summed E-state index contributed by atoms with van der Waals surface area (Å²) < 4.78 is 15.3. The van der Waals surface area contributed by atoms with Gasteiger partial charge in [-0.05, 0) is 47.2 Å². The Morgan fingerprint density at radius 2 is 2.05 bits per heavy atom.